The summed E-state index contributed by atoms with van der Waals surface area (Å²) in [5, 5.41) is 11.1. The lowest BCUT2D eigenvalue weighted by Gasteiger charge is -2.05. The fourth-order valence-corrected chi connectivity index (χ4v) is 3.31. The summed E-state index contributed by atoms with van der Waals surface area (Å²) in [7, 11) is 0. The highest BCUT2D eigenvalue weighted by Gasteiger charge is 2.14. The van der Waals surface area contributed by atoms with Crippen LogP contribution in [0.15, 0.2) is 51.8 Å². The molecule has 134 valence electrons. The second-order valence-corrected chi connectivity index (χ2v) is 8.01. The Kier molecular flexibility index (Phi) is 5.42. The van der Waals surface area contributed by atoms with Crippen LogP contribution in [0.1, 0.15) is 35.3 Å². The molecule has 1 heterocycles. The molecule has 0 saturated heterocycles. The lowest BCUT2D eigenvalue weighted by molar-refractivity contribution is 0.102. The maximum atomic E-state index is 12.4. The second-order valence-electron chi connectivity index (χ2n) is 6.36. The van der Waals surface area contributed by atoms with Gasteiger partial charge in [-0.05, 0) is 55.3 Å². The van der Waals surface area contributed by atoms with Crippen molar-refractivity contribution in [3.05, 3.63) is 59.2 Å². The van der Waals surface area contributed by atoms with Crippen LogP contribution >= 0.6 is 11.8 Å². The summed E-state index contributed by atoms with van der Waals surface area (Å²) < 4.78 is 5.61. The number of aryl methyl sites for hydroxylation is 2. The Hall–Kier alpha value is -2.60. The van der Waals surface area contributed by atoms with E-state index in [1.807, 2.05) is 50.2 Å². The third-order valence-corrected chi connectivity index (χ3v) is 4.86. The fourth-order valence-electron chi connectivity index (χ4n) is 2.42. The van der Waals surface area contributed by atoms with Crippen molar-refractivity contribution in [2.45, 2.75) is 37.8 Å². The number of hydrogen-bond donors (Lipinski definition) is 1. The molecule has 5 nitrogen and oxygen atoms in total. The first-order valence-electron chi connectivity index (χ1n) is 8.41. The normalized spacial score (nSPS) is 11.0. The number of anilines is 1. The van der Waals surface area contributed by atoms with Gasteiger partial charge in [0.05, 0.1) is 0 Å². The maximum Gasteiger partial charge on any atom is 0.322 e. The van der Waals surface area contributed by atoms with Crippen LogP contribution in [-0.2, 0) is 0 Å². The van der Waals surface area contributed by atoms with Crippen LogP contribution in [0, 0.1) is 13.8 Å². The zero-order valence-corrected chi connectivity index (χ0v) is 16.1. The third kappa shape index (κ3) is 4.32. The second kappa shape index (κ2) is 7.74. The van der Waals surface area contributed by atoms with Crippen LogP contribution in [0.5, 0.6) is 0 Å². The number of carbonyl (C=O) groups excluding carboxylic acids is 1. The molecular weight excluding hydrogens is 346 g/mol. The molecule has 0 bridgehead atoms. The molecule has 2 aromatic carbocycles. The SMILES string of the molecule is Cc1ccc(C(=O)Nc2nnc(-c3cccc(SC(C)C)c3)o2)cc1C. The monoisotopic (exact) mass is 367 g/mol. The molecule has 0 atom stereocenters. The van der Waals surface area contributed by atoms with Gasteiger partial charge in [0.1, 0.15) is 0 Å². The fraction of sp³-hybridized carbons (Fsp3) is 0.250. The van der Waals surface area contributed by atoms with E-state index in [0.29, 0.717) is 16.7 Å². The average molecular weight is 367 g/mol. The number of nitrogens with one attached hydrogen (secondary N) is 1. The summed E-state index contributed by atoms with van der Waals surface area (Å²) >= 11 is 1.76. The van der Waals surface area contributed by atoms with E-state index < -0.39 is 0 Å². The van der Waals surface area contributed by atoms with Gasteiger partial charge in [0.2, 0.25) is 5.89 Å². The van der Waals surface area contributed by atoms with Crippen molar-refractivity contribution in [1.29, 1.82) is 0 Å². The predicted molar refractivity (Wildman–Crippen MR) is 105 cm³/mol. The summed E-state index contributed by atoms with van der Waals surface area (Å²) in [6, 6.07) is 13.5. The number of benzene rings is 2. The van der Waals surface area contributed by atoms with Gasteiger partial charge in [0.25, 0.3) is 5.91 Å². The van der Waals surface area contributed by atoms with Crippen LogP contribution in [-0.4, -0.2) is 21.4 Å². The first-order valence-corrected chi connectivity index (χ1v) is 9.29. The Balaban J connectivity index is 1.75. The van der Waals surface area contributed by atoms with Crippen LogP contribution in [0.25, 0.3) is 11.5 Å². The topological polar surface area (TPSA) is 68.0 Å². The molecule has 1 amide bonds. The zero-order chi connectivity index (χ0) is 18.7. The first kappa shape index (κ1) is 18.2. The van der Waals surface area contributed by atoms with Gasteiger partial charge >= 0.3 is 6.01 Å². The summed E-state index contributed by atoms with van der Waals surface area (Å²) in [5.74, 6) is 0.110. The minimum absolute atomic E-state index is 0.0881. The third-order valence-electron chi connectivity index (χ3n) is 3.87. The van der Waals surface area contributed by atoms with Gasteiger partial charge in [-0.2, -0.15) is 0 Å². The van der Waals surface area contributed by atoms with E-state index in [0.717, 1.165) is 21.6 Å². The van der Waals surface area contributed by atoms with Gasteiger partial charge in [0, 0.05) is 21.3 Å². The quantitative estimate of drug-likeness (QED) is 0.635. The Labute approximate surface area is 157 Å². The van der Waals surface area contributed by atoms with Gasteiger partial charge in [-0.1, -0.05) is 31.1 Å². The molecule has 0 spiro atoms. The van der Waals surface area contributed by atoms with E-state index in [1.165, 1.54) is 0 Å². The molecule has 3 rings (SSSR count). The summed E-state index contributed by atoms with van der Waals surface area (Å²) in [5.41, 5.74) is 3.59. The lowest BCUT2D eigenvalue weighted by Crippen LogP contribution is -2.12. The summed E-state index contributed by atoms with van der Waals surface area (Å²) in [4.78, 5) is 13.5. The molecule has 6 heteroatoms. The van der Waals surface area contributed by atoms with Crippen LogP contribution in [0.4, 0.5) is 6.01 Å². The number of rotatable bonds is 5. The Morgan fingerprint density at radius 1 is 1.08 bits per heavy atom. The first-order chi connectivity index (χ1) is 12.4. The van der Waals surface area contributed by atoms with Crippen molar-refractivity contribution < 1.29 is 9.21 Å². The largest absolute Gasteiger partial charge is 0.403 e. The molecule has 0 unspecified atom stereocenters. The number of carbonyl (C=O) groups is 1. The minimum Gasteiger partial charge on any atom is -0.403 e. The molecule has 0 fully saturated rings. The number of aromatic nitrogens is 2. The van der Waals surface area contributed by atoms with Crippen LogP contribution < -0.4 is 5.32 Å². The van der Waals surface area contributed by atoms with Crippen LogP contribution in [0.3, 0.4) is 0 Å². The average Bonchev–Trinajstić information content (AvgIpc) is 3.05. The summed E-state index contributed by atoms with van der Waals surface area (Å²) in [6.07, 6.45) is 0. The number of nitrogens with zero attached hydrogens (tertiary/aromatic N) is 2. The van der Waals surface area contributed by atoms with Gasteiger partial charge in [-0.25, -0.2) is 0 Å². The van der Waals surface area contributed by atoms with Crippen LogP contribution in [0.2, 0.25) is 0 Å². The Morgan fingerprint density at radius 2 is 1.88 bits per heavy atom. The molecule has 0 radical (unpaired) electrons. The molecule has 1 aromatic heterocycles. The Morgan fingerprint density at radius 3 is 2.62 bits per heavy atom. The van der Waals surface area contributed by atoms with Crippen molar-refractivity contribution in [1.82, 2.24) is 10.2 Å². The van der Waals surface area contributed by atoms with E-state index in [4.69, 9.17) is 4.42 Å². The molecule has 26 heavy (non-hydrogen) atoms. The number of hydrogen-bond acceptors (Lipinski definition) is 5. The van der Waals surface area contributed by atoms with Crippen molar-refractivity contribution in [3.8, 4) is 11.5 Å². The highest BCUT2D eigenvalue weighted by Crippen LogP contribution is 2.28. The Bertz CT molecular complexity index is 934. The summed E-state index contributed by atoms with van der Waals surface area (Å²) in [6.45, 7) is 8.26. The van der Waals surface area contributed by atoms with Gasteiger partial charge in [0.15, 0.2) is 0 Å². The van der Waals surface area contributed by atoms with Crippen molar-refractivity contribution in [2.24, 2.45) is 0 Å². The lowest BCUT2D eigenvalue weighted by atomic mass is 10.1. The molecule has 1 N–H and O–H groups in total. The van der Waals surface area contributed by atoms with Crippen molar-refractivity contribution in [2.75, 3.05) is 5.32 Å². The van der Waals surface area contributed by atoms with Gasteiger partial charge in [-0.3, -0.25) is 10.1 Å². The van der Waals surface area contributed by atoms with E-state index in [9.17, 15) is 4.79 Å². The molecule has 0 aliphatic heterocycles. The molecule has 0 aliphatic rings. The maximum absolute atomic E-state index is 12.4. The predicted octanol–water partition coefficient (Wildman–Crippen LogP) is 5.11. The van der Waals surface area contributed by atoms with E-state index in [2.05, 4.69) is 29.4 Å². The standard InChI is InChI=1S/C20H21N3O2S/c1-12(2)26-17-7-5-6-16(11-17)19-22-23-20(25-19)21-18(24)15-9-8-13(3)14(4)10-15/h5-12H,1-4H3,(H,21,23,24). The molecule has 3 aromatic rings. The number of thioether (sulfide) groups is 1. The molecule has 0 aliphatic carbocycles. The number of amides is 1. The minimum atomic E-state index is -0.271. The van der Waals surface area contributed by atoms with E-state index in [1.54, 1.807) is 17.8 Å². The molecule has 0 saturated carbocycles. The molecular formula is C20H21N3O2S. The zero-order valence-electron chi connectivity index (χ0n) is 15.2. The van der Waals surface area contributed by atoms with Gasteiger partial charge < -0.3 is 4.42 Å². The van der Waals surface area contributed by atoms with E-state index in [-0.39, 0.29) is 11.9 Å². The smallest absolute Gasteiger partial charge is 0.322 e. The van der Waals surface area contributed by atoms with E-state index >= 15 is 0 Å². The highest BCUT2D eigenvalue weighted by atomic mass is 32.2. The van der Waals surface area contributed by atoms with Crippen molar-refractivity contribution >= 4 is 23.7 Å². The van der Waals surface area contributed by atoms with Crippen molar-refractivity contribution in [3.63, 3.8) is 0 Å². The highest BCUT2D eigenvalue weighted by molar-refractivity contribution is 7.99. The van der Waals surface area contributed by atoms with Gasteiger partial charge in [-0.15, -0.1) is 16.9 Å².